The number of ether oxygens (including phenoxy) is 3. The second kappa shape index (κ2) is 6.32. The Morgan fingerprint density at radius 3 is 2.50 bits per heavy atom. The molecular weight excluding hydrogens is 264 g/mol. The van der Waals surface area contributed by atoms with Crippen LogP contribution in [-0.2, 0) is 0 Å². The number of aromatic nitrogens is 3. The van der Waals surface area contributed by atoms with E-state index < -0.39 is 0 Å². The Bertz CT molecular complexity index is 596. The van der Waals surface area contributed by atoms with Crippen LogP contribution >= 0.6 is 0 Å². The van der Waals surface area contributed by atoms with Gasteiger partial charge < -0.3 is 19.4 Å². The summed E-state index contributed by atoms with van der Waals surface area (Å²) in [6, 6.07) is 4.86. The summed E-state index contributed by atoms with van der Waals surface area (Å²) in [5.41, 5.74) is 0.334. The number of pyridine rings is 1. The fourth-order valence-corrected chi connectivity index (χ4v) is 1.38. The zero-order valence-corrected chi connectivity index (χ0v) is 10.8. The molecule has 2 rings (SSSR count). The second-order valence-electron chi connectivity index (χ2n) is 3.47. The standard InChI is InChI=1S/C12H12N4O4/c1-18-10-6-11(19-2)16-12(15-10)20-9-4-3-5-13-8(9)7-14-17/h3-7,17H,1-2H3/b14-7-. The van der Waals surface area contributed by atoms with Crippen molar-refractivity contribution >= 4 is 6.21 Å². The van der Waals surface area contributed by atoms with Gasteiger partial charge in [-0.25, -0.2) is 0 Å². The average molecular weight is 276 g/mol. The van der Waals surface area contributed by atoms with Crippen LogP contribution in [0.4, 0.5) is 0 Å². The molecule has 2 aromatic heterocycles. The molecule has 0 aliphatic carbocycles. The van der Waals surface area contributed by atoms with E-state index in [1.54, 1.807) is 12.1 Å². The Morgan fingerprint density at radius 2 is 1.90 bits per heavy atom. The Hall–Kier alpha value is -2.90. The maximum Gasteiger partial charge on any atom is 0.328 e. The summed E-state index contributed by atoms with van der Waals surface area (Å²) >= 11 is 0. The van der Waals surface area contributed by atoms with Crippen molar-refractivity contribution in [3.05, 3.63) is 30.1 Å². The molecular formula is C12H12N4O4. The third-order valence-electron chi connectivity index (χ3n) is 2.26. The Labute approximate surface area is 114 Å². The highest BCUT2D eigenvalue weighted by molar-refractivity contribution is 5.80. The zero-order chi connectivity index (χ0) is 14.4. The molecule has 8 heteroatoms. The van der Waals surface area contributed by atoms with Gasteiger partial charge in [-0.1, -0.05) is 5.16 Å². The van der Waals surface area contributed by atoms with Gasteiger partial charge in [-0.05, 0) is 12.1 Å². The summed E-state index contributed by atoms with van der Waals surface area (Å²) in [5, 5.41) is 11.5. The van der Waals surface area contributed by atoms with Crippen LogP contribution in [0.2, 0.25) is 0 Å². The fourth-order valence-electron chi connectivity index (χ4n) is 1.38. The molecule has 0 saturated carbocycles. The highest BCUT2D eigenvalue weighted by Crippen LogP contribution is 2.24. The second-order valence-corrected chi connectivity index (χ2v) is 3.47. The first kappa shape index (κ1) is 13.5. The van der Waals surface area contributed by atoms with E-state index in [2.05, 4.69) is 20.1 Å². The molecule has 0 radical (unpaired) electrons. The summed E-state index contributed by atoms with van der Waals surface area (Å²) in [5.74, 6) is 0.932. The molecule has 20 heavy (non-hydrogen) atoms. The van der Waals surface area contributed by atoms with Gasteiger partial charge in [-0.2, -0.15) is 9.97 Å². The SMILES string of the molecule is COc1cc(OC)nc(Oc2cccnc2/C=N\O)n1. The normalized spacial score (nSPS) is 10.5. The molecule has 0 aliphatic rings. The van der Waals surface area contributed by atoms with Crippen LogP contribution in [0.25, 0.3) is 0 Å². The lowest BCUT2D eigenvalue weighted by Crippen LogP contribution is -2.00. The van der Waals surface area contributed by atoms with E-state index in [0.717, 1.165) is 6.21 Å². The van der Waals surface area contributed by atoms with Crippen LogP contribution in [0.5, 0.6) is 23.5 Å². The van der Waals surface area contributed by atoms with Crippen LogP contribution in [0, 0.1) is 0 Å². The van der Waals surface area contributed by atoms with Crippen molar-refractivity contribution in [3.63, 3.8) is 0 Å². The highest BCUT2D eigenvalue weighted by atomic mass is 16.5. The minimum absolute atomic E-state index is 0.0294. The van der Waals surface area contributed by atoms with E-state index >= 15 is 0 Å². The maximum absolute atomic E-state index is 8.58. The van der Waals surface area contributed by atoms with Gasteiger partial charge in [-0.3, -0.25) is 4.98 Å². The molecule has 2 heterocycles. The lowest BCUT2D eigenvalue weighted by atomic mass is 10.3. The number of methoxy groups -OCH3 is 2. The first-order valence-corrected chi connectivity index (χ1v) is 5.54. The quantitative estimate of drug-likeness (QED) is 0.501. The van der Waals surface area contributed by atoms with E-state index in [9.17, 15) is 0 Å². The predicted octanol–water partition coefficient (Wildman–Crippen LogP) is 1.49. The zero-order valence-electron chi connectivity index (χ0n) is 10.8. The Morgan fingerprint density at radius 1 is 1.20 bits per heavy atom. The molecule has 0 fully saturated rings. The van der Waals surface area contributed by atoms with Crippen LogP contribution in [0.1, 0.15) is 5.69 Å². The van der Waals surface area contributed by atoms with Gasteiger partial charge in [0.25, 0.3) is 0 Å². The minimum Gasteiger partial charge on any atom is -0.481 e. The van der Waals surface area contributed by atoms with Gasteiger partial charge in [0.1, 0.15) is 5.69 Å². The molecule has 8 nitrogen and oxygen atoms in total. The molecule has 0 amide bonds. The molecule has 104 valence electrons. The third-order valence-corrected chi connectivity index (χ3v) is 2.26. The van der Waals surface area contributed by atoms with Crippen molar-refractivity contribution in [2.75, 3.05) is 14.2 Å². The molecule has 0 unspecified atom stereocenters. The molecule has 0 atom stereocenters. The molecule has 2 aromatic rings. The van der Waals surface area contributed by atoms with Crippen LogP contribution in [0.15, 0.2) is 29.6 Å². The van der Waals surface area contributed by atoms with E-state index in [0.29, 0.717) is 23.2 Å². The van der Waals surface area contributed by atoms with E-state index in [-0.39, 0.29) is 6.01 Å². The van der Waals surface area contributed by atoms with Gasteiger partial charge in [0, 0.05) is 6.20 Å². The van der Waals surface area contributed by atoms with Gasteiger partial charge >= 0.3 is 6.01 Å². The highest BCUT2D eigenvalue weighted by Gasteiger charge is 2.10. The van der Waals surface area contributed by atoms with Gasteiger partial charge in [-0.15, -0.1) is 0 Å². The van der Waals surface area contributed by atoms with Crippen molar-refractivity contribution in [1.29, 1.82) is 0 Å². The molecule has 0 bridgehead atoms. The summed E-state index contributed by atoms with van der Waals surface area (Å²) in [4.78, 5) is 12.0. The average Bonchev–Trinajstić information content (AvgIpc) is 2.49. The topological polar surface area (TPSA) is 99.0 Å². The van der Waals surface area contributed by atoms with E-state index in [1.807, 2.05) is 0 Å². The van der Waals surface area contributed by atoms with Crippen molar-refractivity contribution in [2.24, 2.45) is 5.16 Å². The van der Waals surface area contributed by atoms with Crippen LogP contribution in [-0.4, -0.2) is 40.6 Å². The lowest BCUT2D eigenvalue weighted by Gasteiger charge is -2.08. The number of hydrogen-bond donors (Lipinski definition) is 1. The molecule has 1 N–H and O–H groups in total. The number of nitrogens with zero attached hydrogens (tertiary/aromatic N) is 4. The summed E-state index contributed by atoms with van der Waals surface area (Å²) < 4.78 is 15.5. The van der Waals surface area contributed by atoms with Gasteiger partial charge in [0.2, 0.25) is 11.8 Å². The number of oxime groups is 1. The van der Waals surface area contributed by atoms with Crippen LogP contribution in [0.3, 0.4) is 0 Å². The smallest absolute Gasteiger partial charge is 0.328 e. The molecule has 0 aliphatic heterocycles. The molecule has 0 saturated heterocycles. The maximum atomic E-state index is 8.58. The lowest BCUT2D eigenvalue weighted by molar-refractivity contribution is 0.321. The first-order chi connectivity index (χ1) is 9.76. The Kier molecular flexibility index (Phi) is 4.28. The number of rotatable bonds is 5. The fraction of sp³-hybridized carbons (Fsp3) is 0.167. The molecule has 0 aromatic carbocycles. The first-order valence-electron chi connectivity index (χ1n) is 5.54. The van der Waals surface area contributed by atoms with Crippen LogP contribution < -0.4 is 14.2 Å². The predicted molar refractivity (Wildman–Crippen MR) is 68.8 cm³/mol. The number of hydrogen-bond acceptors (Lipinski definition) is 8. The monoisotopic (exact) mass is 276 g/mol. The van der Waals surface area contributed by atoms with Gasteiger partial charge in [0.15, 0.2) is 5.75 Å². The minimum atomic E-state index is 0.0294. The van der Waals surface area contributed by atoms with E-state index in [4.69, 9.17) is 19.4 Å². The summed E-state index contributed by atoms with van der Waals surface area (Å²) in [7, 11) is 2.94. The largest absolute Gasteiger partial charge is 0.481 e. The summed E-state index contributed by atoms with van der Waals surface area (Å²) in [6.45, 7) is 0. The van der Waals surface area contributed by atoms with E-state index in [1.165, 1.54) is 26.5 Å². The third kappa shape index (κ3) is 3.10. The van der Waals surface area contributed by atoms with Crippen molar-refractivity contribution in [1.82, 2.24) is 15.0 Å². The molecule has 0 spiro atoms. The Balaban J connectivity index is 2.34. The van der Waals surface area contributed by atoms with Crippen molar-refractivity contribution in [2.45, 2.75) is 0 Å². The van der Waals surface area contributed by atoms with Gasteiger partial charge in [0.05, 0.1) is 26.5 Å². The van der Waals surface area contributed by atoms with Crippen molar-refractivity contribution in [3.8, 4) is 23.5 Å². The summed E-state index contributed by atoms with van der Waals surface area (Å²) in [6.07, 6.45) is 2.68. The van der Waals surface area contributed by atoms with Crippen molar-refractivity contribution < 1.29 is 19.4 Å².